The van der Waals surface area contributed by atoms with Crippen LogP contribution in [0.15, 0.2) is 42.5 Å². The molecule has 0 amide bonds. The molecule has 0 unspecified atom stereocenters. The third-order valence-corrected chi connectivity index (χ3v) is 2.98. The molecular weight excluding hydrogens is 310 g/mol. The van der Waals surface area contributed by atoms with Gasteiger partial charge in [-0.1, -0.05) is 17.7 Å². The van der Waals surface area contributed by atoms with E-state index in [1.54, 1.807) is 25.1 Å². The van der Waals surface area contributed by atoms with Crippen molar-refractivity contribution in [2.45, 2.75) is 6.92 Å². The fraction of sp³-hybridized carbons (Fsp3) is 0.133. The molecule has 0 aliphatic rings. The third kappa shape index (κ3) is 4.20. The second-order valence-corrected chi connectivity index (χ2v) is 4.86. The Morgan fingerprint density at radius 2 is 2.05 bits per heavy atom. The highest BCUT2D eigenvalue weighted by molar-refractivity contribution is 6.30. The molecule has 0 fully saturated rings. The van der Waals surface area contributed by atoms with Gasteiger partial charge in [0, 0.05) is 11.1 Å². The van der Waals surface area contributed by atoms with Gasteiger partial charge in [-0.2, -0.15) is 0 Å². The lowest BCUT2D eigenvalue weighted by Crippen LogP contribution is -2.18. The number of nitro benzene ring substituents is 1. The van der Waals surface area contributed by atoms with E-state index < -0.39 is 10.9 Å². The number of esters is 1. The fourth-order valence-electron chi connectivity index (χ4n) is 1.73. The quantitative estimate of drug-likeness (QED) is 0.364. The average Bonchev–Trinajstić information content (AvgIpc) is 2.46. The lowest BCUT2D eigenvalue weighted by atomic mass is 10.2. The zero-order valence-electron chi connectivity index (χ0n) is 11.6. The van der Waals surface area contributed by atoms with E-state index in [9.17, 15) is 14.9 Å². The Kier molecular flexibility index (Phi) is 4.95. The molecule has 22 heavy (non-hydrogen) atoms. The maximum absolute atomic E-state index is 11.7. The van der Waals surface area contributed by atoms with Crippen molar-refractivity contribution in [3.63, 3.8) is 0 Å². The number of nitrogens with zero attached hydrogens (tertiary/aromatic N) is 1. The Morgan fingerprint density at radius 3 is 2.73 bits per heavy atom. The van der Waals surface area contributed by atoms with Crippen LogP contribution in [-0.4, -0.2) is 17.5 Å². The molecule has 0 atom stereocenters. The van der Waals surface area contributed by atoms with Crippen molar-refractivity contribution in [3.8, 4) is 11.5 Å². The molecule has 0 radical (unpaired) electrons. The molecule has 7 heteroatoms. The van der Waals surface area contributed by atoms with Gasteiger partial charge < -0.3 is 9.47 Å². The minimum absolute atomic E-state index is 0.0932. The molecule has 0 saturated carbocycles. The monoisotopic (exact) mass is 321 g/mol. The van der Waals surface area contributed by atoms with Gasteiger partial charge >= 0.3 is 5.97 Å². The fourth-order valence-corrected chi connectivity index (χ4v) is 1.96. The van der Waals surface area contributed by atoms with Gasteiger partial charge in [0.2, 0.25) is 0 Å². The molecule has 0 aliphatic carbocycles. The SMILES string of the molecule is Cc1cc(Cl)ccc1OCC(=O)Oc1cccc([N+](=O)[O-])c1. The van der Waals surface area contributed by atoms with Crippen LogP contribution in [-0.2, 0) is 4.79 Å². The molecule has 0 bridgehead atoms. The normalized spacial score (nSPS) is 10.1. The number of non-ortho nitro benzene ring substituents is 1. The molecule has 2 rings (SSSR count). The first-order valence-electron chi connectivity index (χ1n) is 6.30. The summed E-state index contributed by atoms with van der Waals surface area (Å²) in [5, 5.41) is 11.2. The van der Waals surface area contributed by atoms with E-state index in [0.717, 1.165) is 5.56 Å². The molecule has 0 saturated heterocycles. The van der Waals surface area contributed by atoms with E-state index >= 15 is 0 Å². The lowest BCUT2D eigenvalue weighted by molar-refractivity contribution is -0.384. The van der Waals surface area contributed by atoms with E-state index in [-0.39, 0.29) is 18.0 Å². The summed E-state index contributed by atoms with van der Waals surface area (Å²) in [4.78, 5) is 21.8. The van der Waals surface area contributed by atoms with E-state index in [0.29, 0.717) is 10.8 Å². The first-order chi connectivity index (χ1) is 10.5. The topological polar surface area (TPSA) is 78.7 Å². The highest BCUT2D eigenvalue weighted by Gasteiger charge is 2.11. The van der Waals surface area contributed by atoms with Gasteiger partial charge in [0.05, 0.1) is 11.0 Å². The summed E-state index contributed by atoms with van der Waals surface area (Å²) in [6.07, 6.45) is 0. The number of aryl methyl sites for hydroxylation is 1. The molecule has 114 valence electrons. The van der Waals surface area contributed by atoms with Crippen LogP contribution in [0.25, 0.3) is 0 Å². The summed E-state index contributed by atoms with van der Waals surface area (Å²) < 4.78 is 10.3. The van der Waals surface area contributed by atoms with Gasteiger partial charge in [-0.3, -0.25) is 10.1 Å². The first-order valence-corrected chi connectivity index (χ1v) is 6.67. The predicted molar refractivity (Wildman–Crippen MR) is 80.4 cm³/mol. The molecule has 0 heterocycles. The summed E-state index contributed by atoms with van der Waals surface area (Å²) in [6, 6.07) is 10.4. The molecule has 6 nitrogen and oxygen atoms in total. The summed E-state index contributed by atoms with van der Waals surface area (Å²) in [7, 11) is 0. The zero-order valence-corrected chi connectivity index (χ0v) is 12.4. The second kappa shape index (κ2) is 6.91. The van der Waals surface area contributed by atoms with Crippen molar-refractivity contribution >= 4 is 23.3 Å². The van der Waals surface area contributed by atoms with Gasteiger partial charge in [0.25, 0.3) is 5.69 Å². The number of hydrogen-bond donors (Lipinski definition) is 0. The van der Waals surface area contributed by atoms with Crippen molar-refractivity contribution < 1.29 is 19.2 Å². The number of carbonyl (C=O) groups excluding carboxylic acids is 1. The number of carbonyl (C=O) groups is 1. The average molecular weight is 322 g/mol. The second-order valence-electron chi connectivity index (χ2n) is 4.43. The minimum atomic E-state index is -0.658. The molecule has 0 N–H and O–H groups in total. The molecule has 0 spiro atoms. The van der Waals surface area contributed by atoms with E-state index in [4.69, 9.17) is 21.1 Å². The summed E-state index contributed by atoms with van der Waals surface area (Å²) in [6.45, 7) is 1.48. The highest BCUT2D eigenvalue weighted by Crippen LogP contribution is 2.22. The van der Waals surface area contributed by atoms with Gasteiger partial charge in [-0.25, -0.2) is 4.79 Å². The Bertz CT molecular complexity index is 717. The zero-order chi connectivity index (χ0) is 16.1. The lowest BCUT2D eigenvalue weighted by Gasteiger charge is -2.09. The van der Waals surface area contributed by atoms with Crippen molar-refractivity contribution in [2.75, 3.05) is 6.61 Å². The van der Waals surface area contributed by atoms with Crippen molar-refractivity contribution in [2.24, 2.45) is 0 Å². The van der Waals surface area contributed by atoms with Crippen LogP contribution in [0, 0.1) is 17.0 Å². The third-order valence-electron chi connectivity index (χ3n) is 2.74. The largest absolute Gasteiger partial charge is 0.482 e. The van der Waals surface area contributed by atoms with Crippen LogP contribution in [0.1, 0.15) is 5.56 Å². The van der Waals surface area contributed by atoms with Crippen LogP contribution in [0.5, 0.6) is 11.5 Å². The maximum atomic E-state index is 11.7. The van der Waals surface area contributed by atoms with Gasteiger partial charge in [0.15, 0.2) is 6.61 Å². The standard InChI is InChI=1S/C15H12ClNO5/c1-10-7-11(16)5-6-14(10)21-9-15(18)22-13-4-2-3-12(8-13)17(19)20/h2-8H,9H2,1H3. The highest BCUT2D eigenvalue weighted by atomic mass is 35.5. The maximum Gasteiger partial charge on any atom is 0.349 e. The number of benzene rings is 2. The number of hydrogen-bond acceptors (Lipinski definition) is 5. The Balaban J connectivity index is 1.95. The van der Waals surface area contributed by atoms with Crippen LogP contribution in [0.4, 0.5) is 5.69 Å². The molecule has 0 aromatic heterocycles. The number of ether oxygens (including phenoxy) is 2. The smallest absolute Gasteiger partial charge is 0.349 e. The van der Waals surface area contributed by atoms with E-state index in [1.807, 2.05) is 0 Å². The molecule has 2 aromatic rings. The predicted octanol–water partition coefficient (Wildman–Crippen LogP) is 3.54. The van der Waals surface area contributed by atoms with Crippen LogP contribution < -0.4 is 9.47 Å². The Labute approximate surface area is 131 Å². The van der Waals surface area contributed by atoms with E-state index in [1.165, 1.54) is 24.3 Å². The number of halogens is 1. The van der Waals surface area contributed by atoms with Crippen LogP contribution >= 0.6 is 11.6 Å². The van der Waals surface area contributed by atoms with Crippen molar-refractivity contribution in [1.82, 2.24) is 0 Å². The van der Waals surface area contributed by atoms with Gasteiger partial charge in [0.1, 0.15) is 11.5 Å². The van der Waals surface area contributed by atoms with Crippen LogP contribution in [0.2, 0.25) is 5.02 Å². The summed E-state index contributed by atoms with van der Waals surface area (Å²) in [5.74, 6) is -0.0501. The Morgan fingerprint density at radius 1 is 1.27 bits per heavy atom. The van der Waals surface area contributed by atoms with Gasteiger partial charge in [-0.05, 0) is 36.8 Å². The van der Waals surface area contributed by atoms with Gasteiger partial charge in [-0.15, -0.1) is 0 Å². The van der Waals surface area contributed by atoms with E-state index in [2.05, 4.69) is 0 Å². The van der Waals surface area contributed by atoms with Crippen LogP contribution in [0.3, 0.4) is 0 Å². The Hall–Kier alpha value is -2.60. The summed E-state index contributed by atoms with van der Waals surface area (Å²) >= 11 is 5.83. The number of nitro groups is 1. The molecule has 2 aromatic carbocycles. The minimum Gasteiger partial charge on any atom is -0.482 e. The first kappa shape index (κ1) is 15.8. The number of rotatable bonds is 5. The summed E-state index contributed by atoms with van der Waals surface area (Å²) in [5.41, 5.74) is 0.635. The molecule has 0 aliphatic heterocycles. The molecular formula is C15H12ClNO5. The van der Waals surface area contributed by atoms with Crippen molar-refractivity contribution in [1.29, 1.82) is 0 Å². The van der Waals surface area contributed by atoms with Crippen molar-refractivity contribution in [3.05, 3.63) is 63.2 Å².